The Labute approximate surface area is 250 Å². The van der Waals surface area contributed by atoms with E-state index in [1.807, 2.05) is 31.2 Å². The van der Waals surface area contributed by atoms with E-state index in [9.17, 15) is 19.2 Å². The number of unbranched alkanes of at least 4 members (excludes halogenated alkanes) is 1. The molecule has 226 valence electrons. The Morgan fingerprint density at radius 3 is 2.44 bits per heavy atom. The third kappa shape index (κ3) is 9.04. The van der Waals surface area contributed by atoms with Crippen LogP contribution >= 0.6 is 0 Å². The summed E-state index contributed by atoms with van der Waals surface area (Å²) in [6.45, 7) is 2.49. The standard InChI is InChI=1S/C32H37N5O6/c1-21-6-2-3-7-25(21)37-32(41)34-24-12-9-22(10-13-24)18-30(39)35-27(8-4-5-16-33)31(40)36-26(15-17-38)23-11-14-28-29(19-23)43-20-42-28/h2-3,6-7,9-14,17,19,26-27H,4-5,8,15-16,18,20,33H2,1H3,(H,35,39)(H,36,40)(H2,34,37,41)/t26-,27-/m0/s1. The van der Waals surface area contributed by atoms with Crippen LogP contribution in [0, 0.1) is 6.92 Å². The zero-order chi connectivity index (χ0) is 30.6. The number of nitrogens with one attached hydrogen (secondary N) is 4. The van der Waals surface area contributed by atoms with E-state index in [1.54, 1.807) is 42.5 Å². The quantitative estimate of drug-likeness (QED) is 0.141. The summed E-state index contributed by atoms with van der Waals surface area (Å²) in [6, 6.07) is 17.8. The van der Waals surface area contributed by atoms with Crippen LogP contribution in [0.3, 0.4) is 0 Å². The molecule has 0 bridgehead atoms. The minimum Gasteiger partial charge on any atom is -0.454 e. The number of aryl methyl sites for hydroxylation is 1. The van der Waals surface area contributed by atoms with Gasteiger partial charge in [0.15, 0.2) is 11.5 Å². The third-order valence-electron chi connectivity index (χ3n) is 7.02. The highest BCUT2D eigenvalue weighted by atomic mass is 16.7. The Morgan fingerprint density at radius 1 is 0.930 bits per heavy atom. The lowest BCUT2D eigenvalue weighted by Gasteiger charge is -2.23. The first-order valence-corrected chi connectivity index (χ1v) is 14.2. The first-order valence-electron chi connectivity index (χ1n) is 14.2. The number of ether oxygens (including phenoxy) is 2. The molecule has 11 heteroatoms. The van der Waals surface area contributed by atoms with Gasteiger partial charge in [-0.15, -0.1) is 0 Å². The van der Waals surface area contributed by atoms with Crippen LogP contribution in [0.1, 0.15) is 48.4 Å². The molecule has 0 unspecified atom stereocenters. The van der Waals surface area contributed by atoms with Crippen LogP contribution in [0.2, 0.25) is 0 Å². The van der Waals surface area contributed by atoms with E-state index in [-0.39, 0.29) is 31.6 Å². The number of amides is 4. The Kier molecular flexibility index (Phi) is 11.1. The molecular weight excluding hydrogens is 550 g/mol. The fraction of sp³-hybridized carbons (Fsp3) is 0.312. The maximum absolute atomic E-state index is 13.3. The molecule has 0 fully saturated rings. The summed E-state index contributed by atoms with van der Waals surface area (Å²) in [5.74, 6) is 0.416. The number of para-hydroxylation sites is 1. The van der Waals surface area contributed by atoms with E-state index in [2.05, 4.69) is 21.3 Å². The minimum absolute atomic E-state index is 0.0380. The summed E-state index contributed by atoms with van der Waals surface area (Å²) in [5, 5.41) is 11.3. The predicted octanol–water partition coefficient (Wildman–Crippen LogP) is 3.97. The van der Waals surface area contributed by atoms with Gasteiger partial charge in [0.2, 0.25) is 18.6 Å². The maximum atomic E-state index is 13.3. The smallest absolute Gasteiger partial charge is 0.323 e. The molecule has 11 nitrogen and oxygen atoms in total. The highest BCUT2D eigenvalue weighted by Crippen LogP contribution is 2.34. The van der Waals surface area contributed by atoms with Crippen molar-refractivity contribution in [3.05, 3.63) is 83.4 Å². The second kappa shape index (κ2) is 15.4. The van der Waals surface area contributed by atoms with Gasteiger partial charge in [0.05, 0.1) is 12.5 Å². The Bertz CT molecular complexity index is 1430. The van der Waals surface area contributed by atoms with Crippen LogP contribution in [0.25, 0.3) is 0 Å². The number of carbonyl (C=O) groups excluding carboxylic acids is 4. The van der Waals surface area contributed by atoms with Crippen LogP contribution in [-0.2, 0) is 20.8 Å². The molecular formula is C32H37N5O6. The number of aldehydes is 1. The van der Waals surface area contributed by atoms with E-state index in [0.29, 0.717) is 59.8 Å². The molecule has 4 amide bonds. The van der Waals surface area contributed by atoms with Gasteiger partial charge in [-0.25, -0.2) is 4.79 Å². The number of urea groups is 1. The summed E-state index contributed by atoms with van der Waals surface area (Å²) in [5.41, 5.74) is 9.28. The molecule has 0 spiro atoms. The monoisotopic (exact) mass is 587 g/mol. The largest absolute Gasteiger partial charge is 0.454 e. The van der Waals surface area contributed by atoms with Crippen LogP contribution in [0.5, 0.6) is 11.5 Å². The van der Waals surface area contributed by atoms with E-state index in [4.69, 9.17) is 15.2 Å². The number of hydrogen-bond donors (Lipinski definition) is 5. The van der Waals surface area contributed by atoms with Gasteiger partial charge in [0.25, 0.3) is 0 Å². The van der Waals surface area contributed by atoms with Crippen LogP contribution in [0.4, 0.5) is 16.2 Å². The van der Waals surface area contributed by atoms with E-state index < -0.39 is 18.0 Å². The number of hydrogen-bond acceptors (Lipinski definition) is 7. The summed E-state index contributed by atoms with van der Waals surface area (Å²) < 4.78 is 10.8. The van der Waals surface area contributed by atoms with E-state index in [0.717, 1.165) is 11.8 Å². The van der Waals surface area contributed by atoms with Gasteiger partial charge >= 0.3 is 6.03 Å². The number of nitrogens with two attached hydrogens (primary N) is 1. The van der Waals surface area contributed by atoms with Crippen LogP contribution in [-0.4, -0.2) is 43.5 Å². The summed E-state index contributed by atoms with van der Waals surface area (Å²) in [7, 11) is 0. The Hall–Kier alpha value is -4.90. The lowest BCUT2D eigenvalue weighted by atomic mass is 10.0. The number of anilines is 2. The lowest BCUT2D eigenvalue weighted by molar-refractivity contribution is -0.129. The fourth-order valence-electron chi connectivity index (χ4n) is 4.67. The molecule has 4 rings (SSSR count). The highest BCUT2D eigenvalue weighted by Gasteiger charge is 2.25. The SMILES string of the molecule is Cc1ccccc1NC(=O)Nc1ccc(CC(=O)N[C@@H](CCCCN)C(=O)N[C@@H](CC=O)c2ccc3c(c2)OCO3)cc1. The van der Waals surface area contributed by atoms with Crippen LogP contribution in [0.15, 0.2) is 66.7 Å². The maximum Gasteiger partial charge on any atom is 0.323 e. The topological polar surface area (TPSA) is 161 Å². The van der Waals surface area contributed by atoms with Gasteiger partial charge in [-0.3, -0.25) is 9.59 Å². The van der Waals surface area contributed by atoms with Gasteiger partial charge < -0.3 is 41.3 Å². The van der Waals surface area contributed by atoms with E-state index >= 15 is 0 Å². The number of fused-ring (bicyclic) bond motifs is 1. The average Bonchev–Trinajstić information content (AvgIpc) is 3.47. The lowest BCUT2D eigenvalue weighted by Crippen LogP contribution is -2.48. The third-order valence-corrected chi connectivity index (χ3v) is 7.02. The molecule has 3 aromatic carbocycles. The predicted molar refractivity (Wildman–Crippen MR) is 163 cm³/mol. The first kappa shape index (κ1) is 31.0. The molecule has 6 N–H and O–H groups in total. The molecule has 2 atom stereocenters. The first-order chi connectivity index (χ1) is 20.9. The molecule has 0 saturated heterocycles. The molecule has 43 heavy (non-hydrogen) atoms. The molecule has 1 aliphatic heterocycles. The van der Waals surface area contributed by atoms with Crippen molar-refractivity contribution in [3.8, 4) is 11.5 Å². The Morgan fingerprint density at radius 2 is 1.70 bits per heavy atom. The molecule has 1 heterocycles. The van der Waals surface area contributed by atoms with Gasteiger partial charge in [-0.05, 0) is 79.8 Å². The van der Waals surface area contributed by atoms with Crippen LogP contribution < -0.4 is 36.5 Å². The van der Waals surface area contributed by atoms with Gasteiger partial charge in [-0.2, -0.15) is 0 Å². The van der Waals surface area contributed by atoms with Gasteiger partial charge in [0.1, 0.15) is 12.3 Å². The van der Waals surface area contributed by atoms with Crippen molar-refractivity contribution in [2.45, 2.75) is 51.1 Å². The molecule has 0 aromatic heterocycles. The molecule has 0 radical (unpaired) electrons. The average molecular weight is 588 g/mol. The van der Waals surface area contributed by atoms with Crippen molar-refractivity contribution < 1.29 is 28.7 Å². The fourth-order valence-corrected chi connectivity index (χ4v) is 4.67. The molecule has 3 aromatic rings. The van der Waals surface area contributed by atoms with Crippen molar-refractivity contribution in [2.24, 2.45) is 5.73 Å². The zero-order valence-electron chi connectivity index (χ0n) is 24.1. The summed E-state index contributed by atoms with van der Waals surface area (Å²) >= 11 is 0. The van der Waals surface area contributed by atoms with Crippen molar-refractivity contribution in [2.75, 3.05) is 24.0 Å². The molecule has 0 aliphatic carbocycles. The van der Waals surface area contributed by atoms with Crippen molar-refractivity contribution in [3.63, 3.8) is 0 Å². The zero-order valence-corrected chi connectivity index (χ0v) is 24.1. The normalized spacial score (nSPS) is 13.0. The van der Waals surface area contributed by atoms with Crippen molar-refractivity contribution in [1.82, 2.24) is 10.6 Å². The summed E-state index contributed by atoms with van der Waals surface area (Å²) in [6.07, 6.45) is 2.56. The second-order valence-corrected chi connectivity index (χ2v) is 10.2. The van der Waals surface area contributed by atoms with Crippen molar-refractivity contribution >= 4 is 35.5 Å². The summed E-state index contributed by atoms with van der Waals surface area (Å²) in [4.78, 5) is 50.1. The minimum atomic E-state index is -0.812. The number of carbonyl (C=O) groups is 4. The molecule has 1 aliphatic rings. The number of rotatable bonds is 14. The number of benzene rings is 3. The van der Waals surface area contributed by atoms with E-state index in [1.165, 1.54) is 0 Å². The van der Waals surface area contributed by atoms with Gasteiger partial charge in [-0.1, -0.05) is 36.4 Å². The Balaban J connectivity index is 1.35. The highest BCUT2D eigenvalue weighted by molar-refractivity contribution is 6.00. The molecule has 0 saturated carbocycles. The second-order valence-electron chi connectivity index (χ2n) is 10.2. The van der Waals surface area contributed by atoms with Crippen molar-refractivity contribution in [1.29, 1.82) is 0 Å². The van der Waals surface area contributed by atoms with Gasteiger partial charge in [0, 0.05) is 17.8 Å².